The van der Waals surface area contributed by atoms with E-state index < -0.39 is 0 Å². The molecular weight excluding hydrogens is 398 g/mol. The van der Waals surface area contributed by atoms with E-state index in [0.717, 1.165) is 48.6 Å². The van der Waals surface area contributed by atoms with Crippen LogP contribution in [0.25, 0.3) is 11.4 Å². The Morgan fingerprint density at radius 3 is 2.60 bits per heavy atom. The van der Waals surface area contributed by atoms with Crippen LogP contribution in [0.2, 0.25) is 0 Å². The van der Waals surface area contributed by atoms with E-state index in [1.165, 1.54) is 6.42 Å². The molecule has 1 aliphatic heterocycles. The molecule has 0 spiro atoms. The van der Waals surface area contributed by atoms with Gasteiger partial charge in [0.25, 0.3) is 0 Å². The third-order valence-electron chi connectivity index (χ3n) is 5.55. The van der Waals surface area contributed by atoms with Crippen molar-refractivity contribution in [3.05, 3.63) is 29.0 Å². The minimum absolute atomic E-state index is 0.0318. The van der Waals surface area contributed by atoms with Crippen molar-refractivity contribution in [1.29, 1.82) is 0 Å². The number of aromatic amines is 1. The first-order valence-electron chi connectivity index (χ1n) is 10.7. The number of H-pyrrole nitrogens is 1. The number of carbonyl (C=O) groups is 1. The average Bonchev–Trinajstić information content (AvgIpc) is 3.06. The minimum atomic E-state index is 0.0318. The third kappa shape index (κ3) is 5.92. The SMILES string of the molecule is COc1ccc(-c2n[nH]c(=S)n2CCC(=O)NC(C)CN2CC(C)CC(C)C2)cc1. The quantitative estimate of drug-likeness (QED) is 0.626. The van der Waals surface area contributed by atoms with Crippen LogP contribution in [0.1, 0.15) is 33.6 Å². The number of nitrogens with one attached hydrogen (secondary N) is 2. The van der Waals surface area contributed by atoms with Crippen molar-refractivity contribution in [1.82, 2.24) is 25.0 Å². The molecule has 0 bridgehead atoms. The van der Waals surface area contributed by atoms with Crippen LogP contribution in [-0.4, -0.2) is 58.4 Å². The fraction of sp³-hybridized carbons (Fsp3) is 0.591. The second-order valence-corrected chi connectivity index (χ2v) is 9.00. The fourth-order valence-electron chi connectivity index (χ4n) is 4.42. The van der Waals surface area contributed by atoms with Gasteiger partial charge in [-0.1, -0.05) is 13.8 Å². The molecule has 2 aromatic rings. The second-order valence-electron chi connectivity index (χ2n) is 8.62. The molecule has 164 valence electrons. The predicted octanol–water partition coefficient (Wildman–Crippen LogP) is 3.49. The molecule has 0 saturated carbocycles. The number of amides is 1. The predicted molar refractivity (Wildman–Crippen MR) is 121 cm³/mol. The number of aromatic nitrogens is 3. The highest BCUT2D eigenvalue weighted by Crippen LogP contribution is 2.22. The maximum atomic E-state index is 12.5. The largest absolute Gasteiger partial charge is 0.497 e. The molecule has 1 aromatic carbocycles. The van der Waals surface area contributed by atoms with Gasteiger partial charge in [0.1, 0.15) is 5.75 Å². The number of ether oxygens (including phenoxy) is 1. The van der Waals surface area contributed by atoms with Crippen LogP contribution in [0.15, 0.2) is 24.3 Å². The summed E-state index contributed by atoms with van der Waals surface area (Å²) in [6.07, 6.45) is 1.65. The highest BCUT2D eigenvalue weighted by atomic mass is 32.1. The van der Waals surface area contributed by atoms with E-state index in [9.17, 15) is 4.79 Å². The normalized spacial score (nSPS) is 20.7. The molecular formula is C22H33N5O2S. The molecule has 0 radical (unpaired) electrons. The lowest BCUT2D eigenvalue weighted by Crippen LogP contribution is -2.47. The molecule has 2 heterocycles. The zero-order valence-electron chi connectivity index (χ0n) is 18.4. The number of carbonyl (C=O) groups excluding carboxylic acids is 1. The Balaban J connectivity index is 1.54. The van der Waals surface area contributed by atoms with Gasteiger partial charge in [-0.05, 0) is 61.7 Å². The van der Waals surface area contributed by atoms with Crippen LogP contribution in [0, 0.1) is 16.6 Å². The van der Waals surface area contributed by atoms with Crippen molar-refractivity contribution >= 4 is 18.1 Å². The van der Waals surface area contributed by atoms with Gasteiger partial charge >= 0.3 is 0 Å². The number of nitrogens with zero attached hydrogens (tertiary/aromatic N) is 3. The Hall–Kier alpha value is -2.19. The van der Waals surface area contributed by atoms with Crippen LogP contribution in [0.5, 0.6) is 5.75 Å². The standard InChI is InChI=1S/C22H33N5O2S/c1-15-11-16(2)13-26(12-15)14-17(3)23-20(28)9-10-27-21(24-25-22(27)30)18-5-7-19(29-4)8-6-18/h5-8,15-17H,9-14H2,1-4H3,(H,23,28)(H,25,30). The van der Waals surface area contributed by atoms with E-state index in [1.807, 2.05) is 28.8 Å². The van der Waals surface area contributed by atoms with E-state index in [-0.39, 0.29) is 11.9 Å². The summed E-state index contributed by atoms with van der Waals surface area (Å²) in [5.74, 6) is 2.97. The number of hydrogen-bond acceptors (Lipinski definition) is 5. The molecule has 7 nitrogen and oxygen atoms in total. The zero-order valence-corrected chi connectivity index (χ0v) is 19.2. The van der Waals surface area contributed by atoms with Gasteiger partial charge in [0, 0.05) is 44.2 Å². The third-order valence-corrected chi connectivity index (χ3v) is 5.86. The molecule has 1 aromatic heterocycles. The van der Waals surface area contributed by atoms with Crippen molar-refractivity contribution in [2.75, 3.05) is 26.7 Å². The fourth-order valence-corrected chi connectivity index (χ4v) is 4.64. The van der Waals surface area contributed by atoms with Crippen LogP contribution >= 0.6 is 12.2 Å². The van der Waals surface area contributed by atoms with Gasteiger partial charge in [0.15, 0.2) is 10.6 Å². The summed E-state index contributed by atoms with van der Waals surface area (Å²) >= 11 is 5.37. The Kier molecular flexibility index (Phi) is 7.66. The molecule has 1 saturated heterocycles. The Bertz CT molecular complexity index is 882. The summed E-state index contributed by atoms with van der Waals surface area (Å²) in [6.45, 7) is 10.3. The number of rotatable bonds is 8. The maximum absolute atomic E-state index is 12.5. The highest BCUT2D eigenvalue weighted by Gasteiger charge is 2.23. The molecule has 2 N–H and O–H groups in total. The maximum Gasteiger partial charge on any atom is 0.222 e. The van der Waals surface area contributed by atoms with Crippen LogP contribution in [-0.2, 0) is 11.3 Å². The van der Waals surface area contributed by atoms with Gasteiger partial charge < -0.3 is 15.0 Å². The Morgan fingerprint density at radius 1 is 1.30 bits per heavy atom. The van der Waals surface area contributed by atoms with Gasteiger partial charge in [0.05, 0.1) is 7.11 Å². The first-order valence-corrected chi connectivity index (χ1v) is 11.1. The van der Waals surface area contributed by atoms with Crippen LogP contribution < -0.4 is 10.1 Å². The van der Waals surface area contributed by atoms with Gasteiger partial charge in [0.2, 0.25) is 5.91 Å². The van der Waals surface area contributed by atoms with E-state index in [2.05, 4.69) is 41.2 Å². The topological polar surface area (TPSA) is 75.2 Å². The monoisotopic (exact) mass is 431 g/mol. The minimum Gasteiger partial charge on any atom is -0.497 e. The van der Waals surface area contributed by atoms with Crippen molar-refractivity contribution in [2.45, 2.75) is 46.2 Å². The van der Waals surface area contributed by atoms with Crippen LogP contribution in [0.3, 0.4) is 0 Å². The number of likely N-dealkylation sites (tertiary alicyclic amines) is 1. The van der Waals surface area contributed by atoms with Crippen molar-refractivity contribution in [3.63, 3.8) is 0 Å². The number of methoxy groups -OCH3 is 1. The summed E-state index contributed by atoms with van der Waals surface area (Å²) < 4.78 is 7.59. The number of piperidine rings is 1. The molecule has 8 heteroatoms. The van der Waals surface area contributed by atoms with Crippen molar-refractivity contribution in [3.8, 4) is 17.1 Å². The Morgan fingerprint density at radius 2 is 1.97 bits per heavy atom. The van der Waals surface area contributed by atoms with E-state index in [0.29, 0.717) is 17.7 Å². The highest BCUT2D eigenvalue weighted by molar-refractivity contribution is 7.71. The van der Waals surface area contributed by atoms with E-state index >= 15 is 0 Å². The number of hydrogen-bond donors (Lipinski definition) is 2. The summed E-state index contributed by atoms with van der Waals surface area (Å²) in [6, 6.07) is 7.75. The van der Waals surface area contributed by atoms with Gasteiger partial charge in [-0.2, -0.15) is 5.10 Å². The Labute approximate surface area is 183 Å². The average molecular weight is 432 g/mol. The molecule has 1 aliphatic rings. The summed E-state index contributed by atoms with van der Waals surface area (Å²) in [5.41, 5.74) is 0.922. The number of benzene rings is 1. The molecule has 3 atom stereocenters. The van der Waals surface area contributed by atoms with Gasteiger partial charge in [-0.15, -0.1) is 0 Å². The zero-order chi connectivity index (χ0) is 21.7. The van der Waals surface area contributed by atoms with Crippen molar-refractivity contribution < 1.29 is 9.53 Å². The molecule has 3 unspecified atom stereocenters. The van der Waals surface area contributed by atoms with Gasteiger partial charge in [-0.25, -0.2) is 0 Å². The molecule has 0 aliphatic carbocycles. The van der Waals surface area contributed by atoms with Gasteiger partial charge in [-0.3, -0.25) is 14.5 Å². The second kappa shape index (κ2) is 10.2. The van der Waals surface area contributed by atoms with E-state index in [1.54, 1.807) is 7.11 Å². The van der Waals surface area contributed by atoms with Crippen LogP contribution in [0.4, 0.5) is 0 Å². The lowest BCUT2D eigenvalue weighted by atomic mass is 9.92. The molecule has 30 heavy (non-hydrogen) atoms. The molecule has 3 rings (SSSR count). The summed E-state index contributed by atoms with van der Waals surface area (Å²) in [7, 11) is 1.64. The first-order chi connectivity index (χ1) is 14.4. The summed E-state index contributed by atoms with van der Waals surface area (Å²) in [5, 5.41) is 10.3. The lowest BCUT2D eigenvalue weighted by Gasteiger charge is -2.36. The summed E-state index contributed by atoms with van der Waals surface area (Å²) in [4.78, 5) is 15.0. The first kappa shape index (κ1) is 22.5. The molecule has 1 fully saturated rings. The van der Waals surface area contributed by atoms with Crippen molar-refractivity contribution in [2.24, 2.45) is 11.8 Å². The van der Waals surface area contributed by atoms with E-state index in [4.69, 9.17) is 17.0 Å². The molecule has 1 amide bonds. The lowest BCUT2D eigenvalue weighted by molar-refractivity contribution is -0.122. The smallest absolute Gasteiger partial charge is 0.222 e.